The van der Waals surface area contributed by atoms with Gasteiger partial charge in [-0.3, -0.25) is 14.5 Å². The highest BCUT2D eigenvalue weighted by Gasteiger charge is 2.24. The fraction of sp³-hybridized carbons (Fsp3) is 0.474. The van der Waals surface area contributed by atoms with Crippen molar-refractivity contribution in [3.8, 4) is 0 Å². The summed E-state index contributed by atoms with van der Waals surface area (Å²) in [6.07, 6.45) is 5.33. The highest BCUT2D eigenvalue weighted by atomic mass is 19.1. The van der Waals surface area contributed by atoms with Crippen LogP contribution in [0.4, 0.5) is 4.39 Å². The molecule has 2 heterocycles. The molecule has 0 radical (unpaired) electrons. The first-order chi connectivity index (χ1) is 12.1. The monoisotopic (exact) mass is 345 g/mol. The smallest absolute Gasteiger partial charge is 0.246 e. The predicted octanol–water partition coefficient (Wildman–Crippen LogP) is 1.61. The van der Waals surface area contributed by atoms with Gasteiger partial charge in [0.25, 0.3) is 0 Å². The predicted molar refractivity (Wildman–Crippen MR) is 94.3 cm³/mol. The summed E-state index contributed by atoms with van der Waals surface area (Å²) in [6, 6.07) is 6.15. The van der Waals surface area contributed by atoms with Crippen LogP contribution in [0.2, 0.25) is 0 Å². The van der Waals surface area contributed by atoms with Crippen LogP contribution in [-0.2, 0) is 9.59 Å². The molecule has 1 aromatic rings. The Hall–Kier alpha value is -2.21. The number of carbonyl (C=O) groups is 2. The van der Waals surface area contributed by atoms with E-state index in [0.29, 0.717) is 38.3 Å². The minimum atomic E-state index is -0.314. The quantitative estimate of drug-likeness (QED) is 0.779. The molecule has 0 bridgehead atoms. The fourth-order valence-electron chi connectivity index (χ4n) is 3.27. The molecule has 0 unspecified atom stereocenters. The lowest BCUT2D eigenvalue weighted by Crippen LogP contribution is -2.51. The van der Waals surface area contributed by atoms with Crippen LogP contribution in [0.1, 0.15) is 18.4 Å². The van der Waals surface area contributed by atoms with E-state index < -0.39 is 0 Å². The number of likely N-dealkylation sites (tertiary alicyclic amines) is 1. The first kappa shape index (κ1) is 17.6. The molecule has 2 fully saturated rings. The molecule has 3 rings (SSSR count). The van der Waals surface area contributed by atoms with Crippen LogP contribution >= 0.6 is 0 Å². The summed E-state index contributed by atoms with van der Waals surface area (Å²) < 4.78 is 13.1. The van der Waals surface area contributed by atoms with Gasteiger partial charge in [-0.15, -0.1) is 0 Å². The summed E-state index contributed by atoms with van der Waals surface area (Å²) in [4.78, 5) is 30.2. The molecule has 2 saturated heterocycles. The molecule has 0 aromatic heterocycles. The molecule has 2 aliphatic heterocycles. The molecular formula is C19H24FN3O2. The number of carbonyl (C=O) groups excluding carboxylic acids is 2. The molecular weight excluding hydrogens is 321 g/mol. The topological polar surface area (TPSA) is 43.9 Å². The number of hydrogen-bond acceptors (Lipinski definition) is 3. The average molecular weight is 345 g/mol. The lowest BCUT2D eigenvalue weighted by Gasteiger charge is -2.34. The van der Waals surface area contributed by atoms with Gasteiger partial charge in [0.1, 0.15) is 5.82 Å². The Labute approximate surface area is 147 Å². The molecule has 134 valence electrons. The zero-order valence-electron chi connectivity index (χ0n) is 14.4. The fourth-order valence-corrected chi connectivity index (χ4v) is 3.27. The number of hydrogen-bond donors (Lipinski definition) is 0. The molecule has 0 spiro atoms. The van der Waals surface area contributed by atoms with Gasteiger partial charge < -0.3 is 9.80 Å². The maximum Gasteiger partial charge on any atom is 0.246 e. The normalized spacial score (nSPS) is 18.9. The molecule has 25 heavy (non-hydrogen) atoms. The second-order valence-electron chi connectivity index (χ2n) is 6.58. The van der Waals surface area contributed by atoms with Crippen molar-refractivity contribution in [3.05, 3.63) is 41.7 Å². The van der Waals surface area contributed by atoms with Gasteiger partial charge in [0.2, 0.25) is 11.8 Å². The molecule has 0 N–H and O–H groups in total. The van der Waals surface area contributed by atoms with Gasteiger partial charge in [0.05, 0.1) is 6.54 Å². The minimum Gasteiger partial charge on any atom is -0.342 e. The van der Waals surface area contributed by atoms with Gasteiger partial charge in [-0.05, 0) is 36.6 Å². The number of piperazine rings is 1. The summed E-state index contributed by atoms with van der Waals surface area (Å²) in [5.74, 6) is -0.191. The third-order valence-corrected chi connectivity index (χ3v) is 4.77. The summed E-state index contributed by atoms with van der Waals surface area (Å²) in [6.45, 7) is 4.84. The van der Waals surface area contributed by atoms with E-state index in [2.05, 4.69) is 4.90 Å². The number of rotatable bonds is 4. The van der Waals surface area contributed by atoms with Crippen LogP contribution in [0.25, 0.3) is 6.08 Å². The lowest BCUT2D eigenvalue weighted by atomic mass is 10.2. The molecule has 5 nitrogen and oxygen atoms in total. The van der Waals surface area contributed by atoms with Crippen molar-refractivity contribution < 1.29 is 14.0 Å². The van der Waals surface area contributed by atoms with Gasteiger partial charge in [-0.25, -0.2) is 4.39 Å². The van der Waals surface area contributed by atoms with Crippen LogP contribution in [0, 0.1) is 5.82 Å². The van der Waals surface area contributed by atoms with Crippen LogP contribution in [0.15, 0.2) is 30.3 Å². The molecule has 6 heteroatoms. The van der Waals surface area contributed by atoms with Gasteiger partial charge in [0.15, 0.2) is 0 Å². The number of nitrogens with zero attached hydrogens (tertiary/aromatic N) is 3. The number of halogens is 1. The van der Waals surface area contributed by atoms with E-state index in [1.54, 1.807) is 23.1 Å². The van der Waals surface area contributed by atoms with Crippen molar-refractivity contribution >= 4 is 17.9 Å². The summed E-state index contributed by atoms with van der Waals surface area (Å²) in [5, 5.41) is 0. The van der Waals surface area contributed by atoms with Gasteiger partial charge >= 0.3 is 0 Å². The Balaban J connectivity index is 1.45. The van der Waals surface area contributed by atoms with Crippen LogP contribution in [0.3, 0.4) is 0 Å². The zero-order chi connectivity index (χ0) is 17.6. The standard InChI is InChI=1S/C19H24FN3O2/c20-17-5-3-4-16(14-17)6-7-18(24)23-12-10-21(11-13-23)15-19(25)22-8-1-2-9-22/h3-7,14H,1-2,8-13,15H2. The van der Waals surface area contributed by atoms with Gasteiger partial charge in [0, 0.05) is 45.3 Å². The van der Waals surface area contributed by atoms with Crippen molar-refractivity contribution in [2.24, 2.45) is 0 Å². The summed E-state index contributed by atoms with van der Waals surface area (Å²) in [7, 11) is 0. The highest BCUT2D eigenvalue weighted by Crippen LogP contribution is 2.10. The van der Waals surface area contributed by atoms with Crippen molar-refractivity contribution in [3.63, 3.8) is 0 Å². The first-order valence-electron chi connectivity index (χ1n) is 8.84. The van der Waals surface area contributed by atoms with E-state index in [0.717, 1.165) is 25.9 Å². The average Bonchev–Trinajstić information content (AvgIpc) is 3.15. The summed E-state index contributed by atoms with van der Waals surface area (Å²) in [5.41, 5.74) is 0.670. The molecule has 0 atom stereocenters. The Morgan fingerprint density at radius 3 is 2.40 bits per heavy atom. The van der Waals surface area contributed by atoms with E-state index in [9.17, 15) is 14.0 Å². The lowest BCUT2D eigenvalue weighted by molar-refractivity contribution is -0.132. The maximum absolute atomic E-state index is 13.1. The van der Waals surface area contributed by atoms with E-state index in [-0.39, 0.29) is 17.6 Å². The number of benzene rings is 1. The van der Waals surface area contributed by atoms with Crippen molar-refractivity contribution in [2.45, 2.75) is 12.8 Å². The van der Waals surface area contributed by atoms with Crippen molar-refractivity contribution in [1.82, 2.24) is 14.7 Å². The third-order valence-electron chi connectivity index (χ3n) is 4.77. The maximum atomic E-state index is 13.1. The minimum absolute atomic E-state index is 0.0743. The first-order valence-corrected chi connectivity index (χ1v) is 8.84. The van der Waals surface area contributed by atoms with E-state index in [4.69, 9.17) is 0 Å². The molecule has 0 aliphatic carbocycles. The van der Waals surface area contributed by atoms with E-state index in [1.807, 2.05) is 4.90 Å². The van der Waals surface area contributed by atoms with Crippen molar-refractivity contribution in [1.29, 1.82) is 0 Å². The van der Waals surface area contributed by atoms with Gasteiger partial charge in [-0.2, -0.15) is 0 Å². The Bertz CT molecular complexity index is 648. The van der Waals surface area contributed by atoms with Crippen LogP contribution in [-0.4, -0.2) is 72.3 Å². The Kier molecular flexibility index (Phi) is 5.81. The van der Waals surface area contributed by atoms with Crippen molar-refractivity contribution in [2.75, 3.05) is 45.8 Å². The van der Waals surface area contributed by atoms with Crippen LogP contribution in [0.5, 0.6) is 0 Å². The largest absolute Gasteiger partial charge is 0.342 e. The number of amides is 2. The second-order valence-corrected chi connectivity index (χ2v) is 6.58. The van der Waals surface area contributed by atoms with E-state index >= 15 is 0 Å². The van der Waals surface area contributed by atoms with Crippen LogP contribution < -0.4 is 0 Å². The van der Waals surface area contributed by atoms with Gasteiger partial charge in [-0.1, -0.05) is 12.1 Å². The third kappa shape index (κ3) is 4.89. The molecule has 1 aromatic carbocycles. The molecule has 2 amide bonds. The molecule has 2 aliphatic rings. The zero-order valence-corrected chi connectivity index (χ0v) is 14.4. The summed E-state index contributed by atoms with van der Waals surface area (Å²) >= 11 is 0. The molecule has 0 saturated carbocycles. The van der Waals surface area contributed by atoms with E-state index in [1.165, 1.54) is 18.2 Å². The second kappa shape index (κ2) is 8.25. The Morgan fingerprint density at radius 2 is 1.72 bits per heavy atom. The highest BCUT2D eigenvalue weighted by molar-refractivity contribution is 5.91. The Morgan fingerprint density at radius 1 is 1.00 bits per heavy atom. The SMILES string of the molecule is O=C(C=Cc1cccc(F)c1)N1CCN(CC(=O)N2CCCC2)CC1.